The normalized spacial score (nSPS) is 9.38. The fourth-order valence-electron chi connectivity index (χ4n) is 0.945. The van der Waals surface area contributed by atoms with Gasteiger partial charge in [0.1, 0.15) is 0 Å². The first-order chi connectivity index (χ1) is 6.26. The molecule has 70 valence electrons. The van der Waals surface area contributed by atoms with Gasteiger partial charge in [-0.15, -0.1) is 0 Å². The number of hydrogen-bond acceptors (Lipinski definition) is 3. The SMILES string of the molecule is COC(=O)Nc1cccc(CN)c1. The maximum absolute atomic E-state index is 10.8. The first-order valence-corrected chi connectivity index (χ1v) is 3.90. The van der Waals surface area contributed by atoms with Crippen molar-refractivity contribution in [2.45, 2.75) is 6.54 Å². The van der Waals surface area contributed by atoms with Crippen LogP contribution in [0, 0.1) is 0 Å². The van der Waals surface area contributed by atoms with E-state index in [9.17, 15) is 4.79 Å². The topological polar surface area (TPSA) is 64.3 Å². The van der Waals surface area contributed by atoms with E-state index in [-0.39, 0.29) is 0 Å². The summed E-state index contributed by atoms with van der Waals surface area (Å²) in [5.74, 6) is 0. The molecule has 0 atom stereocenters. The molecule has 0 bridgehead atoms. The van der Waals surface area contributed by atoms with Crippen LogP contribution < -0.4 is 11.1 Å². The average Bonchev–Trinajstić information content (AvgIpc) is 2.18. The number of anilines is 1. The Balaban J connectivity index is 2.71. The predicted molar refractivity (Wildman–Crippen MR) is 50.4 cm³/mol. The first-order valence-electron chi connectivity index (χ1n) is 3.90. The second kappa shape index (κ2) is 4.47. The van der Waals surface area contributed by atoms with Crippen LogP contribution in [-0.2, 0) is 11.3 Å². The number of carbonyl (C=O) groups is 1. The zero-order valence-electron chi connectivity index (χ0n) is 7.41. The summed E-state index contributed by atoms with van der Waals surface area (Å²) in [6.45, 7) is 0.455. The quantitative estimate of drug-likeness (QED) is 0.721. The van der Waals surface area contributed by atoms with Crippen LogP contribution in [0.25, 0.3) is 0 Å². The van der Waals surface area contributed by atoms with Crippen molar-refractivity contribution >= 4 is 11.8 Å². The number of benzene rings is 1. The number of hydrogen-bond donors (Lipinski definition) is 2. The molecule has 0 aliphatic heterocycles. The maximum atomic E-state index is 10.8. The average molecular weight is 180 g/mol. The Morgan fingerprint density at radius 1 is 1.62 bits per heavy atom. The first kappa shape index (κ1) is 9.54. The maximum Gasteiger partial charge on any atom is 0.411 e. The molecule has 0 radical (unpaired) electrons. The molecule has 1 rings (SSSR count). The van der Waals surface area contributed by atoms with Gasteiger partial charge in [0.05, 0.1) is 7.11 Å². The molecule has 0 heterocycles. The molecule has 4 heteroatoms. The molecular weight excluding hydrogens is 168 g/mol. The van der Waals surface area contributed by atoms with Crippen LogP contribution >= 0.6 is 0 Å². The van der Waals surface area contributed by atoms with E-state index in [0.717, 1.165) is 5.56 Å². The molecule has 0 unspecified atom stereocenters. The van der Waals surface area contributed by atoms with Crippen LogP contribution in [0.5, 0.6) is 0 Å². The van der Waals surface area contributed by atoms with Gasteiger partial charge in [0, 0.05) is 12.2 Å². The van der Waals surface area contributed by atoms with Gasteiger partial charge in [0.25, 0.3) is 0 Å². The van der Waals surface area contributed by atoms with Gasteiger partial charge >= 0.3 is 6.09 Å². The van der Waals surface area contributed by atoms with E-state index in [1.54, 1.807) is 12.1 Å². The van der Waals surface area contributed by atoms with Gasteiger partial charge in [0.15, 0.2) is 0 Å². The molecule has 1 aromatic rings. The zero-order chi connectivity index (χ0) is 9.68. The monoisotopic (exact) mass is 180 g/mol. The summed E-state index contributed by atoms with van der Waals surface area (Å²) in [5.41, 5.74) is 7.09. The Morgan fingerprint density at radius 2 is 2.38 bits per heavy atom. The summed E-state index contributed by atoms with van der Waals surface area (Å²) in [6.07, 6.45) is -0.478. The second-order valence-corrected chi connectivity index (χ2v) is 2.52. The van der Waals surface area contributed by atoms with E-state index in [2.05, 4.69) is 10.1 Å². The summed E-state index contributed by atoms with van der Waals surface area (Å²) in [6, 6.07) is 7.29. The lowest BCUT2D eigenvalue weighted by atomic mass is 10.2. The summed E-state index contributed by atoms with van der Waals surface area (Å²) in [5, 5.41) is 2.55. The highest BCUT2D eigenvalue weighted by Gasteiger charge is 1.99. The van der Waals surface area contributed by atoms with Gasteiger partial charge in [-0.05, 0) is 17.7 Å². The number of nitrogens with one attached hydrogen (secondary N) is 1. The van der Waals surface area contributed by atoms with Crippen molar-refractivity contribution in [1.82, 2.24) is 0 Å². The van der Waals surface area contributed by atoms with E-state index in [1.165, 1.54) is 7.11 Å². The summed E-state index contributed by atoms with van der Waals surface area (Å²) in [7, 11) is 1.32. The van der Waals surface area contributed by atoms with Crippen LogP contribution in [0.1, 0.15) is 5.56 Å². The third-order valence-electron chi connectivity index (χ3n) is 1.59. The van der Waals surface area contributed by atoms with E-state index >= 15 is 0 Å². The minimum absolute atomic E-state index is 0.455. The van der Waals surface area contributed by atoms with Crippen LogP contribution in [0.4, 0.5) is 10.5 Å². The van der Waals surface area contributed by atoms with E-state index in [1.807, 2.05) is 12.1 Å². The lowest BCUT2D eigenvalue weighted by Crippen LogP contribution is -2.11. The highest BCUT2D eigenvalue weighted by atomic mass is 16.5. The minimum atomic E-state index is -0.478. The Hall–Kier alpha value is -1.55. The molecular formula is C9H12N2O2. The van der Waals surface area contributed by atoms with Gasteiger partial charge < -0.3 is 10.5 Å². The molecule has 13 heavy (non-hydrogen) atoms. The number of methoxy groups -OCH3 is 1. The lowest BCUT2D eigenvalue weighted by Gasteiger charge is -2.04. The van der Waals surface area contributed by atoms with Crippen LogP contribution in [0.3, 0.4) is 0 Å². The van der Waals surface area contributed by atoms with Crippen molar-refractivity contribution in [1.29, 1.82) is 0 Å². The van der Waals surface area contributed by atoms with Crippen molar-refractivity contribution in [2.24, 2.45) is 5.73 Å². The minimum Gasteiger partial charge on any atom is -0.453 e. The number of carbonyl (C=O) groups excluding carboxylic acids is 1. The zero-order valence-corrected chi connectivity index (χ0v) is 7.41. The van der Waals surface area contributed by atoms with Crippen molar-refractivity contribution in [3.8, 4) is 0 Å². The van der Waals surface area contributed by atoms with Crippen LogP contribution in [0.15, 0.2) is 24.3 Å². The molecule has 0 aliphatic carbocycles. The number of ether oxygens (including phenoxy) is 1. The van der Waals surface area contributed by atoms with Gasteiger partial charge in [-0.1, -0.05) is 12.1 Å². The fraction of sp³-hybridized carbons (Fsp3) is 0.222. The molecule has 1 amide bonds. The van der Waals surface area contributed by atoms with Crippen molar-refractivity contribution in [3.63, 3.8) is 0 Å². The smallest absolute Gasteiger partial charge is 0.411 e. The Labute approximate surface area is 76.7 Å². The van der Waals surface area contributed by atoms with Gasteiger partial charge in [-0.25, -0.2) is 4.79 Å². The van der Waals surface area contributed by atoms with Crippen LogP contribution in [0.2, 0.25) is 0 Å². The highest BCUT2D eigenvalue weighted by molar-refractivity contribution is 5.84. The summed E-state index contributed by atoms with van der Waals surface area (Å²) < 4.78 is 4.45. The summed E-state index contributed by atoms with van der Waals surface area (Å²) >= 11 is 0. The summed E-state index contributed by atoms with van der Waals surface area (Å²) in [4.78, 5) is 10.8. The largest absolute Gasteiger partial charge is 0.453 e. The molecule has 0 aromatic heterocycles. The van der Waals surface area contributed by atoms with Crippen molar-refractivity contribution in [3.05, 3.63) is 29.8 Å². The Bertz CT molecular complexity index is 299. The van der Waals surface area contributed by atoms with E-state index < -0.39 is 6.09 Å². The molecule has 0 saturated carbocycles. The van der Waals surface area contributed by atoms with Gasteiger partial charge in [-0.3, -0.25) is 5.32 Å². The molecule has 0 spiro atoms. The Kier molecular flexibility index (Phi) is 3.28. The second-order valence-electron chi connectivity index (χ2n) is 2.52. The number of nitrogens with two attached hydrogens (primary N) is 1. The molecule has 4 nitrogen and oxygen atoms in total. The van der Waals surface area contributed by atoms with E-state index in [0.29, 0.717) is 12.2 Å². The standard InChI is InChI=1S/C9H12N2O2/c1-13-9(12)11-8-4-2-3-7(5-8)6-10/h2-5H,6,10H2,1H3,(H,11,12). The highest BCUT2D eigenvalue weighted by Crippen LogP contribution is 2.09. The molecule has 0 aliphatic rings. The number of amides is 1. The molecule has 0 saturated heterocycles. The van der Waals surface area contributed by atoms with Gasteiger partial charge in [-0.2, -0.15) is 0 Å². The number of rotatable bonds is 2. The lowest BCUT2D eigenvalue weighted by molar-refractivity contribution is 0.187. The molecule has 1 aromatic carbocycles. The fourth-order valence-corrected chi connectivity index (χ4v) is 0.945. The third kappa shape index (κ3) is 2.76. The molecule has 0 fully saturated rings. The van der Waals surface area contributed by atoms with Crippen molar-refractivity contribution in [2.75, 3.05) is 12.4 Å². The Morgan fingerprint density at radius 3 is 3.00 bits per heavy atom. The molecule has 3 N–H and O–H groups in total. The van der Waals surface area contributed by atoms with Crippen LogP contribution in [-0.4, -0.2) is 13.2 Å². The van der Waals surface area contributed by atoms with Gasteiger partial charge in [0.2, 0.25) is 0 Å². The predicted octanol–water partition coefficient (Wildman–Crippen LogP) is 1.32. The van der Waals surface area contributed by atoms with Crippen molar-refractivity contribution < 1.29 is 9.53 Å². The van der Waals surface area contributed by atoms with E-state index in [4.69, 9.17) is 5.73 Å². The third-order valence-corrected chi connectivity index (χ3v) is 1.59.